The summed E-state index contributed by atoms with van der Waals surface area (Å²) >= 11 is 0. The highest BCUT2D eigenvalue weighted by Crippen LogP contribution is 2.37. The Morgan fingerprint density at radius 2 is 2.00 bits per heavy atom. The fourth-order valence-corrected chi connectivity index (χ4v) is 3.62. The van der Waals surface area contributed by atoms with Gasteiger partial charge in [-0.25, -0.2) is 8.42 Å². The molecule has 0 aromatic heterocycles. The fourth-order valence-electron chi connectivity index (χ4n) is 1.66. The number of sulfone groups is 1. The lowest BCUT2D eigenvalue weighted by atomic mass is 10.3. The van der Waals surface area contributed by atoms with Crippen LogP contribution in [0.5, 0.6) is 0 Å². The standard InChI is InChI=1S/C7H13NO2S/c9-11(10)5-1-4-8-7(6-11)2-3-7/h8H,1-6H2. The molecular formula is C7H13NO2S. The van der Waals surface area contributed by atoms with Crippen molar-refractivity contribution in [2.24, 2.45) is 0 Å². The molecule has 0 atom stereocenters. The van der Waals surface area contributed by atoms with Gasteiger partial charge in [-0.2, -0.15) is 0 Å². The smallest absolute Gasteiger partial charge is 0.152 e. The molecule has 2 rings (SSSR count). The van der Waals surface area contributed by atoms with Crippen molar-refractivity contribution in [2.45, 2.75) is 24.8 Å². The Balaban J connectivity index is 2.18. The summed E-state index contributed by atoms with van der Waals surface area (Å²) in [5.74, 6) is 0.752. The molecule has 64 valence electrons. The van der Waals surface area contributed by atoms with Crippen LogP contribution in [0, 0.1) is 0 Å². The van der Waals surface area contributed by atoms with Crippen LogP contribution in [0.25, 0.3) is 0 Å². The van der Waals surface area contributed by atoms with Gasteiger partial charge in [0.15, 0.2) is 9.84 Å². The number of nitrogens with one attached hydrogen (secondary N) is 1. The predicted molar refractivity (Wildman–Crippen MR) is 43.2 cm³/mol. The molecule has 1 aliphatic heterocycles. The van der Waals surface area contributed by atoms with Crippen LogP contribution in [-0.4, -0.2) is 32.0 Å². The van der Waals surface area contributed by atoms with Gasteiger partial charge >= 0.3 is 0 Å². The summed E-state index contributed by atoms with van der Waals surface area (Å²) in [7, 11) is -2.73. The maximum Gasteiger partial charge on any atom is 0.152 e. The summed E-state index contributed by atoms with van der Waals surface area (Å²) in [6.07, 6.45) is 2.88. The minimum Gasteiger partial charge on any atom is -0.310 e. The first-order valence-corrected chi connectivity index (χ1v) is 5.90. The molecule has 2 aliphatic rings. The van der Waals surface area contributed by atoms with E-state index in [1.165, 1.54) is 0 Å². The van der Waals surface area contributed by atoms with E-state index in [0.717, 1.165) is 25.8 Å². The van der Waals surface area contributed by atoms with Crippen molar-refractivity contribution in [1.82, 2.24) is 5.32 Å². The minimum atomic E-state index is -2.73. The van der Waals surface area contributed by atoms with Gasteiger partial charge in [0.25, 0.3) is 0 Å². The normalized spacial score (nSPS) is 33.1. The highest BCUT2D eigenvalue weighted by molar-refractivity contribution is 7.91. The summed E-state index contributed by atoms with van der Waals surface area (Å²) in [6.45, 7) is 0.874. The second-order valence-electron chi connectivity index (χ2n) is 3.65. The van der Waals surface area contributed by atoms with Crippen LogP contribution in [0.2, 0.25) is 0 Å². The topological polar surface area (TPSA) is 46.2 Å². The van der Waals surface area contributed by atoms with Crippen LogP contribution in [-0.2, 0) is 9.84 Å². The second kappa shape index (κ2) is 2.20. The molecule has 1 saturated heterocycles. The zero-order valence-electron chi connectivity index (χ0n) is 6.47. The van der Waals surface area contributed by atoms with Crippen LogP contribution in [0.3, 0.4) is 0 Å². The highest BCUT2D eigenvalue weighted by atomic mass is 32.2. The molecule has 1 spiro atoms. The molecule has 4 heteroatoms. The third-order valence-electron chi connectivity index (χ3n) is 2.48. The zero-order valence-corrected chi connectivity index (χ0v) is 7.28. The molecule has 11 heavy (non-hydrogen) atoms. The van der Waals surface area contributed by atoms with Crippen molar-refractivity contribution in [2.75, 3.05) is 18.1 Å². The van der Waals surface area contributed by atoms with Crippen molar-refractivity contribution in [3.8, 4) is 0 Å². The van der Waals surface area contributed by atoms with Crippen LogP contribution in [0.1, 0.15) is 19.3 Å². The van der Waals surface area contributed by atoms with Crippen LogP contribution < -0.4 is 5.32 Å². The van der Waals surface area contributed by atoms with Gasteiger partial charge in [0.2, 0.25) is 0 Å². The first-order valence-electron chi connectivity index (χ1n) is 4.07. The molecule has 0 aromatic rings. The van der Waals surface area contributed by atoms with Gasteiger partial charge in [-0.05, 0) is 25.8 Å². The second-order valence-corrected chi connectivity index (χ2v) is 5.84. The SMILES string of the molecule is O=S1(=O)CCCNC2(CC2)C1. The van der Waals surface area contributed by atoms with Gasteiger partial charge < -0.3 is 5.32 Å². The number of hydrogen-bond acceptors (Lipinski definition) is 3. The van der Waals surface area contributed by atoms with Crippen molar-refractivity contribution in [3.05, 3.63) is 0 Å². The number of hydrogen-bond donors (Lipinski definition) is 1. The van der Waals surface area contributed by atoms with E-state index >= 15 is 0 Å². The fraction of sp³-hybridized carbons (Fsp3) is 1.00. The van der Waals surface area contributed by atoms with E-state index in [0.29, 0.717) is 11.5 Å². The molecule has 0 unspecified atom stereocenters. The lowest BCUT2D eigenvalue weighted by Crippen LogP contribution is -2.35. The van der Waals surface area contributed by atoms with Crippen molar-refractivity contribution in [3.63, 3.8) is 0 Å². The minimum absolute atomic E-state index is 0.00926. The Labute approximate surface area is 67.1 Å². The quantitative estimate of drug-likeness (QED) is 0.560. The van der Waals surface area contributed by atoms with Gasteiger partial charge in [0.1, 0.15) is 0 Å². The Kier molecular flexibility index (Phi) is 1.51. The maximum absolute atomic E-state index is 11.3. The summed E-state index contributed by atoms with van der Waals surface area (Å²) in [5, 5.41) is 3.31. The Morgan fingerprint density at radius 1 is 1.27 bits per heavy atom. The van der Waals surface area contributed by atoms with Gasteiger partial charge in [-0.15, -0.1) is 0 Å². The average Bonchev–Trinajstić information content (AvgIpc) is 2.63. The molecule has 0 amide bonds. The molecule has 0 bridgehead atoms. The van der Waals surface area contributed by atoms with Crippen LogP contribution in [0.4, 0.5) is 0 Å². The van der Waals surface area contributed by atoms with E-state index in [1.807, 2.05) is 0 Å². The molecule has 2 fully saturated rings. The molecule has 1 N–H and O–H groups in total. The summed E-state index contributed by atoms with van der Waals surface area (Å²) in [4.78, 5) is 0. The van der Waals surface area contributed by atoms with E-state index in [-0.39, 0.29) is 5.54 Å². The number of rotatable bonds is 0. The molecule has 0 aromatic carbocycles. The van der Waals surface area contributed by atoms with E-state index in [1.54, 1.807) is 0 Å². The Bertz CT molecular complexity index is 254. The van der Waals surface area contributed by atoms with Crippen molar-refractivity contribution < 1.29 is 8.42 Å². The monoisotopic (exact) mass is 175 g/mol. The zero-order chi connectivity index (χ0) is 7.95. The largest absolute Gasteiger partial charge is 0.310 e. The van der Waals surface area contributed by atoms with E-state index in [4.69, 9.17) is 0 Å². The molecule has 0 radical (unpaired) electrons. The first kappa shape index (κ1) is 7.55. The van der Waals surface area contributed by atoms with Crippen LogP contribution >= 0.6 is 0 Å². The molecule has 1 saturated carbocycles. The summed E-state index contributed by atoms with van der Waals surface area (Å²) in [5.41, 5.74) is 0.00926. The van der Waals surface area contributed by atoms with Gasteiger partial charge in [-0.3, -0.25) is 0 Å². The first-order chi connectivity index (χ1) is 5.12. The van der Waals surface area contributed by atoms with Crippen LogP contribution in [0.15, 0.2) is 0 Å². The lowest BCUT2D eigenvalue weighted by molar-refractivity contribution is 0.544. The van der Waals surface area contributed by atoms with E-state index < -0.39 is 9.84 Å². The van der Waals surface area contributed by atoms with Gasteiger partial charge in [0, 0.05) is 5.54 Å². The average molecular weight is 175 g/mol. The Morgan fingerprint density at radius 3 is 2.64 bits per heavy atom. The molecular weight excluding hydrogens is 162 g/mol. The lowest BCUT2D eigenvalue weighted by Gasteiger charge is -2.11. The third-order valence-corrected chi connectivity index (χ3v) is 4.38. The third kappa shape index (κ3) is 1.56. The Hall–Kier alpha value is -0.0900. The van der Waals surface area contributed by atoms with Crippen molar-refractivity contribution in [1.29, 1.82) is 0 Å². The summed E-state index contributed by atoms with van der Waals surface area (Å²) in [6, 6.07) is 0. The molecule has 1 aliphatic carbocycles. The van der Waals surface area contributed by atoms with Gasteiger partial charge in [-0.1, -0.05) is 0 Å². The maximum atomic E-state index is 11.3. The van der Waals surface area contributed by atoms with E-state index in [2.05, 4.69) is 5.32 Å². The van der Waals surface area contributed by atoms with Gasteiger partial charge in [0.05, 0.1) is 11.5 Å². The summed E-state index contributed by atoms with van der Waals surface area (Å²) < 4.78 is 22.6. The molecule has 3 nitrogen and oxygen atoms in total. The van der Waals surface area contributed by atoms with Crippen molar-refractivity contribution >= 4 is 9.84 Å². The highest BCUT2D eigenvalue weighted by Gasteiger charge is 2.46. The predicted octanol–water partition coefficient (Wildman–Crippen LogP) is -0.0729. The van der Waals surface area contributed by atoms with E-state index in [9.17, 15) is 8.42 Å². The molecule has 1 heterocycles.